The number of nitrogens with two attached hydrogens (primary N) is 1. The molecule has 0 aromatic heterocycles. The second-order valence-electron chi connectivity index (χ2n) is 4.12. The molecular formula is C14H17NO. The molecule has 0 bridgehead atoms. The Labute approximate surface area is 96.0 Å². The lowest BCUT2D eigenvalue weighted by molar-refractivity contribution is 0.301. The van der Waals surface area contributed by atoms with E-state index in [9.17, 15) is 0 Å². The third-order valence-electron chi connectivity index (χ3n) is 2.56. The summed E-state index contributed by atoms with van der Waals surface area (Å²) in [6.45, 7) is 2.67. The van der Waals surface area contributed by atoms with Crippen molar-refractivity contribution in [3.8, 4) is 5.75 Å². The summed E-state index contributed by atoms with van der Waals surface area (Å²) in [5.74, 6) is 0.916. The Bertz CT molecular complexity index is 465. The molecular weight excluding hydrogens is 198 g/mol. The van der Waals surface area contributed by atoms with E-state index in [1.807, 2.05) is 25.1 Å². The van der Waals surface area contributed by atoms with Crippen molar-refractivity contribution in [1.29, 1.82) is 0 Å². The number of benzene rings is 2. The van der Waals surface area contributed by atoms with Crippen LogP contribution in [0.3, 0.4) is 0 Å². The summed E-state index contributed by atoms with van der Waals surface area (Å²) in [7, 11) is 0. The van der Waals surface area contributed by atoms with Gasteiger partial charge in [-0.2, -0.15) is 0 Å². The normalized spacial score (nSPS) is 12.6. The first-order valence-electron chi connectivity index (χ1n) is 5.63. The second kappa shape index (κ2) is 4.99. The van der Waals surface area contributed by atoms with Gasteiger partial charge >= 0.3 is 0 Å². The maximum absolute atomic E-state index is 5.67. The summed E-state index contributed by atoms with van der Waals surface area (Å²) >= 11 is 0. The van der Waals surface area contributed by atoms with E-state index >= 15 is 0 Å². The first kappa shape index (κ1) is 11.0. The van der Waals surface area contributed by atoms with E-state index in [4.69, 9.17) is 10.5 Å². The van der Waals surface area contributed by atoms with Crippen molar-refractivity contribution < 1.29 is 4.74 Å². The van der Waals surface area contributed by atoms with Crippen molar-refractivity contribution in [3.05, 3.63) is 42.5 Å². The van der Waals surface area contributed by atoms with Crippen LogP contribution in [0.25, 0.3) is 10.8 Å². The second-order valence-corrected chi connectivity index (χ2v) is 4.12. The molecule has 0 aliphatic rings. The molecule has 2 rings (SSSR count). The first-order chi connectivity index (χ1) is 7.75. The van der Waals surface area contributed by atoms with Gasteiger partial charge in [-0.15, -0.1) is 0 Å². The molecule has 84 valence electrons. The molecule has 0 radical (unpaired) electrons. The van der Waals surface area contributed by atoms with Crippen LogP contribution in [0.1, 0.15) is 13.3 Å². The molecule has 0 saturated carbocycles. The minimum absolute atomic E-state index is 0.195. The molecule has 16 heavy (non-hydrogen) atoms. The summed E-state index contributed by atoms with van der Waals surface area (Å²) in [5.41, 5.74) is 5.67. The van der Waals surface area contributed by atoms with Gasteiger partial charge in [0.25, 0.3) is 0 Å². The predicted octanol–water partition coefficient (Wildman–Crippen LogP) is 2.96. The lowest BCUT2D eigenvalue weighted by atomic mass is 10.1. The van der Waals surface area contributed by atoms with E-state index in [2.05, 4.69) is 24.3 Å². The van der Waals surface area contributed by atoms with Gasteiger partial charge in [-0.3, -0.25) is 0 Å². The molecule has 0 amide bonds. The number of ether oxygens (including phenoxy) is 1. The molecule has 1 unspecified atom stereocenters. The highest BCUT2D eigenvalue weighted by Gasteiger charge is 1.98. The Kier molecular flexibility index (Phi) is 3.42. The minimum atomic E-state index is 0.195. The molecule has 1 atom stereocenters. The van der Waals surface area contributed by atoms with Crippen LogP contribution in [0.15, 0.2) is 42.5 Å². The minimum Gasteiger partial charge on any atom is -0.494 e. The molecule has 0 aliphatic heterocycles. The summed E-state index contributed by atoms with van der Waals surface area (Å²) in [6, 6.07) is 14.6. The summed E-state index contributed by atoms with van der Waals surface area (Å²) in [5, 5.41) is 2.45. The topological polar surface area (TPSA) is 35.2 Å². The van der Waals surface area contributed by atoms with Crippen LogP contribution in [-0.2, 0) is 0 Å². The van der Waals surface area contributed by atoms with Gasteiger partial charge in [0, 0.05) is 6.04 Å². The quantitative estimate of drug-likeness (QED) is 0.851. The fourth-order valence-electron chi connectivity index (χ4n) is 1.62. The Morgan fingerprint density at radius 1 is 1.12 bits per heavy atom. The van der Waals surface area contributed by atoms with Crippen molar-refractivity contribution in [1.82, 2.24) is 0 Å². The largest absolute Gasteiger partial charge is 0.494 e. The van der Waals surface area contributed by atoms with E-state index in [0.717, 1.165) is 12.2 Å². The summed E-state index contributed by atoms with van der Waals surface area (Å²) in [4.78, 5) is 0. The monoisotopic (exact) mass is 215 g/mol. The Balaban J connectivity index is 2.08. The highest BCUT2D eigenvalue weighted by molar-refractivity contribution is 5.83. The lowest BCUT2D eigenvalue weighted by Crippen LogP contribution is -2.18. The van der Waals surface area contributed by atoms with E-state index in [1.165, 1.54) is 10.8 Å². The van der Waals surface area contributed by atoms with Crippen LogP contribution >= 0.6 is 0 Å². The van der Waals surface area contributed by atoms with Crippen LogP contribution in [0, 0.1) is 0 Å². The standard InChI is InChI=1S/C14H17NO/c1-11(15)8-9-16-14-7-6-12-4-2-3-5-13(12)10-14/h2-7,10-11H,8-9,15H2,1H3. The number of hydrogen-bond acceptors (Lipinski definition) is 2. The summed E-state index contributed by atoms with van der Waals surface area (Å²) in [6.07, 6.45) is 0.882. The van der Waals surface area contributed by atoms with Crippen LogP contribution in [0.4, 0.5) is 0 Å². The van der Waals surface area contributed by atoms with Crippen molar-refractivity contribution in [2.45, 2.75) is 19.4 Å². The molecule has 0 fully saturated rings. The third kappa shape index (κ3) is 2.74. The molecule has 0 heterocycles. The Morgan fingerprint density at radius 2 is 1.88 bits per heavy atom. The van der Waals surface area contributed by atoms with Gasteiger partial charge in [0.15, 0.2) is 0 Å². The molecule has 2 aromatic carbocycles. The zero-order chi connectivity index (χ0) is 11.4. The van der Waals surface area contributed by atoms with Gasteiger partial charge in [-0.25, -0.2) is 0 Å². The van der Waals surface area contributed by atoms with Gasteiger partial charge in [0.2, 0.25) is 0 Å². The smallest absolute Gasteiger partial charge is 0.119 e. The van der Waals surface area contributed by atoms with Gasteiger partial charge < -0.3 is 10.5 Å². The molecule has 2 heteroatoms. The maximum Gasteiger partial charge on any atom is 0.119 e. The van der Waals surface area contributed by atoms with Gasteiger partial charge in [-0.1, -0.05) is 30.3 Å². The van der Waals surface area contributed by atoms with Gasteiger partial charge in [0.05, 0.1) is 6.61 Å². The van der Waals surface area contributed by atoms with Crippen molar-refractivity contribution >= 4 is 10.8 Å². The maximum atomic E-state index is 5.67. The molecule has 0 spiro atoms. The number of rotatable bonds is 4. The van der Waals surface area contributed by atoms with Crippen molar-refractivity contribution in [3.63, 3.8) is 0 Å². The average molecular weight is 215 g/mol. The van der Waals surface area contributed by atoms with E-state index in [0.29, 0.717) is 6.61 Å². The number of fused-ring (bicyclic) bond motifs is 1. The third-order valence-corrected chi connectivity index (χ3v) is 2.56. The van der Waals surface area contributed by atoms with Crippen molar-refractivity contribution in [2.24, 2.45) is 5.73 Å². The molecule has 2 aromatic rings. The Hall–Kier alpha value is -1.54. The zero-order valence-corrected chi connectivity index (χ0v) is 9.52. The summed E-state index contributed by atoms with van der Waals surface area (Å²) < 4.78 is 5.64. The van der Waals surface area contributed by atoms with Crippen LogP contribution in [0.5, 0.6) is 5.75 Å². The highest BCUT2D eigenvalue weighted by Crippen LogP contribution is 2.20. The average Bonchev–Trinajstić information content (AvgIpc) is 2.28. The zero-order valence-electron chi connectivity index (χ0n) is 9.52. The van der Waals surface area contributed by atoms with Gasteiger partial charge in [0.1, 0.15) is 5.75 Å². The highest BCUT2D eigenvalue weighted by atomic mass is 16.5. The van der Waals surface area contributed by atoms with Gasteiger partial charge in [-0.05, 0) is 36.2 Å². The molecule has 2 nitrogen and oxygen atoms in total. The van der Waals surface area contributed by atoms with Crippen molar-refractivity contribution in [2.75, 3.05) is 6.61 Å². The van der Waals surface area contributed by atoms with Crippen LogP contribution < -0.4 is 10.5 Å². The SMILES string of the molecule is CC(N)CCOc1ccc2ccccc2c1. The van der Waals surface area contributed by atoms with Crippen LogP contribution in [-0.4, -0.2) is 12.6 Å². The Morgan fingerprint density at radius 3 is 2.62 bits per heavy atom. The fourth-order valence-corrected chi connectivity index (χ4v) is 1.62. The van der Waals surface area contributed by atoms with E-state index in [1.54, 1.807) is 0 Å². The predicted molar refractivity (Wildman–Crippen MR) is 67.7 cm³/mol. The lowest BCUT2D eigenvalue weighted by Gasteiger charge is -2.08. The molecule has 0 aliphatic carbocycles. The fraction of sp³-hybridized carbons (Fsp3) is 0.286. The number of hydrogen-bond donors (Lipinski definition) is 1. The van der Waals surface area contributed by atoms with E-state index < -0.39 is 0 Å². The molecule has 2 N–H and O–H groups in total. The van der Waals surface area contributed by atoms with E-state index in [-0.39, 0.29) is 6.04 Å². The molecule has 0 saturated heterocycles. The van der Waals surface area contributed by atoms with Crippen LogP contribution in [0.2, 0.25) is 0 Å². The first-order valence-corrected chi connectivity index (χ1v) is 5.63.